The summed E-state index contributed by atoms with van der Waals surface area (Å²) in [5.74, 6) is -4.72. The lowest BCUT2D eigenvalue weighted by Gasteiger charge is -2.19. The van der Waals surface area contributed by atoms with Gasteiger partial charge in [-0.15, -0.1) is 0 Å². The van der Waals surface area contributed by atoms with Gasteiger partial charge in [0.25, 0.3) is 6.36 Å². The first-order chi connectivity index (χ1) is 6.92. The Morgan fingerprint density at radius 2 is 1.67 bits per heavy atom. The summed E-state index contributed by atoms with van der Waals surface area (Å²) >= 11 is 0. The van der Waals surface area contributed by atoms with Crippen molar-refractivity contribution in [3.63, 3.8) is 0 Å². The topological polar surface area (TPSA) is 9.23 Å². The van der Waals surface area contributed by atoms with E-state index in [1.165, 1.54) is 0 Å². The van der Waals surface area contributed by atoms with Gasteiger partial charge in [0.15, 0.2) is 0 Å². The van der Waals surface area contributed by atoms with E-state index in [0.717, 1.165) is 12.8 Å². The highest BCUT2D eigenvalue weighted by Crippen LogP contribution is 2.29. The number of hydrogen-bond acceptors (Lipinski definition) is 1. The molecule has 0 aromatic carbocycles. The van der Waals surface area contributed by atoms with Crippen LogP contribution in [0.2, 0.25) is 0 Å². The van der Waals surface area contributed by atoms with E-state index in [2.05, 4.69) is 4.74 Å². The van der Waals surface area contributed by atoms with Gasteiger partial charge in [0.2, 0.25) is 0 Å². The van der Waals surface area contributed by atoms with E-state index in [1.807, 2.05) is 6.92 Å². The Morgan fingerprint density at radius 3 is 2.13 bits per heavy atom. The van der Waals surface area contributed by atoms with Gasteiger partial charge in [0, 0.05) is 0 Å². The monoisotopic (exact) mass is 234 g/mol. The maximum Gasteiger partial charge on any atom is 0.361 e. The lowest BCUT2D eigenvalue weighted by Crippen LogP contribution is -2.39. The van der Waals surface area contributed by atoms with Crippen LogP contribution in [0.15, 0.2) is 0 Å². The zero-order valence-corrected chi connectivity index (χ0v) is 8.49. The minimum Gasteiger partial charge on any atom is -0.343 e. The van der Waals surface area contributed by atoms with E-state index in [0.29, 0.717) is 12.8 Å². The fourth-order valence-corrected chi connectivity index (χ4v) is 0.926. The summed E-state index contributed by atoms with van der Waals surface area (Å²) in [5, 5.41) is 0. The second-order valence-corrected chi connectivity index (χ2v) is 3.22. The van der Waals surface area contributed by atoms with E-state index >= 15 is 0 Å². The van der Waals surface area contributed by atoms with E-state index in [4.69, 9.17) is 0 Å². The molecule has 1 atom stereocenters. The van der Waals surface area contributed by atoms with Crippen LogP contribution < -0.4 is 0 Å². The molecule has 1 unspecified atom stereocenters. The standard InChI is InChI=1S/C9H15F5O/c1-2-3-4-5-6-15-8(12)9(13,14)7(10)11/h7-8H,2-6H2,1H3. The zero-order chi connectivity index (χ0) is 11.9. The van der Waals surface area contributed by atoms with Crippen molar-refractivity contribution in [3.8, 4) is 0 Å². The van der Waals surface area contributed by atoms with Gasteiger partial charge >= 0.3 is 12.3 Å². The van der Waals surface area contributed by atoms with Gasteiger partial charge in [0.05, 0.1) is 6.61 Å². The summed E-state index contributed by atoms with van der Waals surface area (Å²) in [5.41, 5.74) is 0. The average molecular weight is 234 g/mol. The Morgan fingerprint density at radius 1 is 1.07 bits per heavy atom. The first kappa shape index (κ1) is 14.6. The van der Waals surface area contributed by atoms with Crippen LogP contribution >= 0.6 is 0 Å². The second kappa shape index (κ2) is 6.98. The fraction of sp³-hybridized carbons (Fsp3) is 1.00. The van der Waals surface area contributed by atoms with E-state index in [1.54, 1.807) is 0 Å². The Bertz CT molecular complexity index is 163. The molecular weight excluding hydrogens is 219 g/mol. The highest BCUT2D eigenvalue weighted by atomic mass is 19.3. The number of unbranched alkanes of at least 4 members (excludes halogenated alkanes) is 3. The molecule has 15 heavy (non-hydrogen) atoms. The Kier molecular flexibility index (Phi) is 6.80. The molecule has 0 radical (unpaired) electrons. The third kappa shape index (κ3) is 5.30. The summed E-state index contributed by atoms with van der Waals surface area (Å²) in [4.78, 5) is 0. The van der Waals surface area contributed by atoms with Crippen LogP contribution in [0.3, 0.4) is 0 Å². The Labute approximate surface area is 85.6 Å². The zero-order valence-electron chi connectivity index (χ0n) is 8.49. The number of halogens is 5. The molecule has 0 heterocycles. The van der Waals surface area contributed by atoms with Crippen molar-refractivity contribution in [2.45, 2.75) is 51.3 Å². The molecular formula is C9H15F5O. The molecule has 1 nitrogen and oxygen atoms in total. The Hall–Kier alpha value is -0.390. The van der Waals surface area contributed by atoms with E-state index in [9.17, 15) is 22.0 Å². The summed E-state index contributed by atoms with van der Waals surface area (Å²) in [7, 11) is 0. The lowest BCUT2D eigenvalue weighted by atomic mass is 10.2. The van der Waals surface area contributed by atoms with Crippen LogP contribution in [0.4, 0.5) is 22.0 Å². The lowest BCUT2D eigenvalue weighted by molar-refractivity contribution is -0.248. The van der Waals surface area contributed by atoms with Crippen LogP contribution in [-0.4, -0.2) is 25.3 Å². The van der Waals surface area contributed by atoms with Crippen molar-refractivity contribution in [1.82, 2.24) is 0 Å². The van der Waals surface area contributed by atoms with Crippen LogP contribution in [0, 0.1) is 0 Å². The normalized spacial score (nSPS) is 14.6. The molecule has 0 aromatic heterocycles. The summed E-state index contributed by atoms with van der Waals surface area (Å²) in [6, 6.07) is 0. The summed E-state index contributed by atoms with van der Waals surface area (Å²) in [6.07, 6.45) is -4.34. The summed E-state index contributed by atoms with van der Waals surface area (Å²) in [6.45, 7) is 1.69. The minimum absolute atomic E-state index is 0.260. The van der Waals surface area contributed by atoms with Gasteiger partial charge in [-0.25, -0.2) is 13.2 Å². The van der Waals surface area contributed by atoms with E-state index < -0.39 is 18.7 Å². The molecule has 0 N–H and O–H groups in total. The van der Waals surface area contributed by atoms with Crippen LogP contribution in [0.1, 0.15) is 32.6 Å². The quantitative estimate of drug-likeness (QED) is 0.458. The third-order valence-electron chi connectivity index (χ3n) is 1.86. The second-order valence-electron chi connectivity index (χ2n) is 3.22. The molecule has 0 aliphatic rings. The predicted molar refractivity (Wildman–Crippen MR) is 45.9 cm³/mol. The molecule has 6 heteroatoms. The maximum absolute atomic E-state index is 12.5. The van der Waals surface area contributed by atoms with Gasteiger partial charge in [-0.05, 0) is 6.42 Å². The molecule has 92 valence electrons. The fourth-order valence-electron chi connectivity index (χ4n) is 0.926. The molecule has 0 spiro atoms. The van der Waals surface area contributed by atoms with Crippen LogP contribution in [0.5, 0.6) is 0 Å². The predicted octanol–water partition coefficient (Wildman–Crippen LogP) is 3.78. The van der Waals surface area contributed by atoms with Crippen molar-refractivity contribution < 1.29 is 26.7 Å². The van der Waals surface area contributed by atoms with Gasteiger partial charge in [-0.2, -0.15) is 8.78 Å². The van der Waals surface area contributed by atoms with Crippen molar-refractivity contribution in [1.29, 1.82) is 0 Å². The molecule has 0 rings (SSSR count). The molecule has 0 fully saturated rings. The van der Waals surface area contributed by atoms with Crippen molar-refractivity contribution >= 4 is 0 Å². The molecule has 0 bridgehead atoms. The van der Waals surface area contributed by atoms with Crippen LogP contribution in [-0.2, 0) is 4.74 Å². The maximum atomic E-state index is 12.5. The van der Waals surface area contributed by atoms with Gasteiger partial charge in [-0.1, -0.05) is 26.2 Å². The van der Waals surface area contributed by atoms with Crippen LogP contribution in [0.25, 0.3) is 0 Å². The average Bonchev–Trinajstić information content (AvgIpc) is 2.16. The molecule has 0 saturated carbocycles. The molecule has 0 amide bonds. The highest BCUT2D eigenvalue weighted by Gasteiger charge is 2.50. The molecule has 0 aliphatic heterocycles. The molecule has 0 saturated heterocycles. The number of alkyl halides is 5. The smallest absolute Gasteiger partial charge is 0.343 e. The number of ether oxygens (including phenoxy) is 1. The van der Waals surface area contributed by atoms with Crippen molar-refractivity contribution in [2.24, 2.45) is 0 Å². The summed E-state index contributed by atoms with van der Waals surface area (Å²) < 4.78 is 64.3. The molecule has 0 aromatic rings. The number of rotatable bonds is 8. The van der Waals surface area contributed by atoms with Gasteiger partial charge in [-0.3, -0.25) is 0 Å². The van der Waals surface area contributed by atoms with Gasteiger partial charge in [0.1, 0.15) is 0 Å². The minimum atomic E-state index is -4.72. The van der Waals surface area contributed by atoms with Crippen molar-refractivity contribution in [3.05, 3.63) is 0 Å². The number of hydrogen-bond donors (Lipinski definition) is 0. The Balaban J connectivity index is 3.69. The van der Waals surface area contributed by atoms with Crippen molar-refractivity contribution in [2.75, 3.05) is 6.61 Å². The SMILES string of the molecule is CCCCCCOC(F)C(F)(F)C(F)F. The first-order valence-electron chi connectivity index (χ1n) is 4.84. The molecule has 0 aliphatic carbocycles. The highest BCUT2D eigenvalue weighted by molar-refractivity contribution is 4.72. The first-order valence-corrected chi connectivity index (χ1v) is 4.84. The van der Waals surface area contributed by atoms with E-state index in [-0.39, 0.29) is 6.61 Å². The van der Waals surface area contributed by atoms with Gasteiger partial charge < -0.3 is 4.74 Å². The third-order valence-corrected chi connectivity index (χ3v) is 1.86. The largest absolute Gasteiger partial charge is 0.361 e.